The summed E-state index contributed by atoms with van der Waals surface area (Å²) >= 11 is 3.44. The van der Waals surface area contributed by atoms with E-state index in [0.717, 1.165) is 6.42 Å². The molecule has 0 radical (unpaired) electrons. The maximum atomic E-state index is 3.78. The van der Waals surface area contributed by atoms with Gasteiger partial charge in [-0.05, 0) is 13.3 Å². The number of halogens is 1. The zero-order valence-electron chi connectivity index (χ0n) is 4.87. The van der Waals surface area contributed by atoms with Gasteiger partial charge in [0.15, 0.2) is 0 Å². The summed E-state index contributed by atoms with van der Waals surface area (Å²) in [5.41, 5.74) is 1.21. The molecule has 0 nitrogen and oxygen atoms in total. The molecule has 7 heavy (non-hydrogen) atoms. The molecule has 0 aromatic heterocycles. The van der Waals surface area contributed by atoms with Crippen molar-refractivity contribution in [1.82, 2.24) is 0 Å². The molecule has 0 bridgehead atoms. The Bertz CT molecular complexity index is 66.6. The fourth-order valence-electron chi connectivity index (χ4n) is 0.348. The molecule has 0 amide bonds. The van der Waals surface area contributed by atoms with Crippen molar-refractivity contribution in [2.24, 2.45) is 0 Å². The van der Waals surface area contributed by atoms with Gasteiger partial charge in [-0.3, -0.25) is 0 Å². The minimum Gasteiger partial charge on any atom is -0.0990 e. The van der Waals surface area contributed by atoms with Gasteiger partial charge >= 0.3 is 0 Å². The Morgan fingerprint density at radius 1 is 1.86 bits per heavy atom. The highest BCUT2D eigenvalue weighted by atomic mass is 79.9. The van der Waals surface area contributed by atoms with Crippen molar-refractivity contribution < 1.29 is 0 Å². The van der Waals surface area contributed by atoms with Gasteiger partial charge in [0.2, 0.25) is 0 Å². The van der Waals surface area contributed by atoms with E-state index in [-0.39, 0.29) is 0 Å². The Labute approximate surface area is 53.7 Å². The third-order valence-electron chi connectivity index (χ3n) is 0.893. The summed E-state index contributed by atoms with van der Waals surface area (Å²) in [6, 6.07) is 0. The molecule has 0 aliphatic carbocycles. The molecule has 0 spiro atoms. The van der Waals surface area contributed by atoms with Gasteiger partial charge in [-0.2, -0.15) is 0 Å². The molecule has 0 aliphatic rings. The van der Waals surface area contributed by atoms with Crippen molar-refractivity contribution in [3.63, 3.8) is 0 Å². The van der Waals surface area contributed by atoms with Gasteiger partial charge in [-0.1, -0.05) is 35.0 Å². The van der Waals surface area contributed by atoms with E-state index in [2.05, 4.69) is 29.4 Å². The first kappa shape index (κ1) is 7.22. The number of rotatable bonds is 2. The lowest BCUT2D eigenvalue weighted by molar-refractivity contribution is 0.943. The Morgan fingerprint density at radius 2 is 2.29 bits per heavy atom. The van der Waals surface area contributed by atoms with Gasteiger partial charge in [0.05, 0.1) is 0 Å². The summed E-state index contributed by atoms with van der Waals surface area (Å²) in [7, 11) is 0. The van der Waals surface area contributed by atoms with Crippen LogP contribution in [0.5, 0.6) is 0 Å². The van der Waals surface area contributed by atoms with Crippen LogP contribution in [0.4, 0.5) is 0 Å². The van der Waals surface area contributed by atoms with E-state index >= 15 is 0 Å². The van der Waals surface area contributed by atoms with Crippen molar-refractivity contribution >= 4 is 15.9 Å². The molecule has 0 heterocycles. The molecular formula is C6H11Br. The molecule has 0 rings (SSSR count). The van der Waals surface area contributed by atoms with Crippen LogP contribution in [0.3, 0.4) is 0 Å². The van der Waals surface area contributed by atoms with Crippen LogP contribution in [0.1, 0.15) is 20.3 Å². The van der Waals surface area contributed by atoms with Crippen molar-refractivity contribution in [1.29, 1.82) is 0 Å². The predicted octanol–water partition coefficient (Wildman–Crippen LogP) is 2.74. The van der Waals surface area contributed by atoms with Crippen LogP contribution in [-0.4, -0.2) is 4.83 Å². The smallest absolute Gasteiger partial charge is 0.0346 e. The number of alkyl halides is 1. The highest BCUT2D eigenvalue weighted by molar-refractivity contribution is 9.09. The van der Waals surface area contributed by atoms with Gasteiger partial charge in [0, 0.05) is 4.83 Å². The molecule has 0 N–H and O–H groups in total. The second-order valence-electron chi connectivity index (χ2n) is 1.72. The molecular weight excluding hydrogens is 152 g/mol. The second-order valence-corrected chi connectivity index (χ2v) is 2.83. The molecule has 42 valence electrons. The van der Waals surface area contributed by atoms with Gasteiger partial charge in [0.1, 0.15) is 0 Å². The summed E-state index contributed by atoms with van der Waals surface area (Å²) in [6.45, 7) is 7.94. The van der Waals surface area contributed by atoms with E-state index in [1.165, 1.54) is 5.57 Å². The fraction of sp³-hybridized carbons (Fsp3) is 0.667. The molecule has 1 atom stereocenters. The van der Waals surface area contributed by atoms with Crippen molar-refractivity contribution in [3.8, 4) is 0 Å². The maximum Gasteiger partial charge on any atom is 0.0346 e. The largest absolute Gasteiger partial charge is 0.0990 e. The van der Waals surface area contributed by atoms with Crippen molar-refractivity contribution in [2.75, 3.05) is 0 Å². The van der Waals surface area contributed by atoms with Gasteiger partial charge in [0.25, 0.3) is 0 Å². The summed E-state index contributed by atoms with van der Waals surface area (Å²) < 4.78 is 0. The first-order chi connectivity index (χ1) is 3.18. The van der Waals surface area contributed by atoms with Crippen molar-refractivity contribution in [2.45, 2.75) is 25.1 Å². The van der Waals surface area contributed by atoms with E-state index < -0.39 is 0 Å². The van der Waals surface area contributed by atoms with E-state index in [1.54, 1.807) is 0 Å². The minimum atomic E-state index is 0.521. The van der Waals surface area contributed by atoms with E-state index in [0.29, 0.717) is 4.83 Å². The van der Waals surface area contributed by atoms with Gasteiger partial charge in [-0.15, -0.1) is 0 Å². The highest BCUT2D eigenvalue weighted by Gasteiger charge is 1.97. The van der Waals surface area contributed by atoms with E-state index in [4.69, 9.17) is 0 Å². The summed E-state index contributed by atoms with van der Waals surface area (Å²) in [5, 5.41) is 0. The Hall–Kier alpha value is 0.220. The lowest BCUT2D eigenvalue weighted by Gasteiger charge is -2.01. The Kier molecular flexibility index (Phi) is 3.35. The third kappa shape index (κ3) is 2.86. The minimum absolute atomic E-state index is 0.521. The van der Waals surface area contributed by atoms with Crippen LogP contribution in [0.15, 0.2) is 12.2 Å². The summed E-state index contributed by atoms with van der Waals surface area (Å²) in [6.07, 6.45) is 1.13. The van der Waals surface area contributed by atoms with Gasteiger partial charge in [-0.25, -0.2) is 0 Å². The average molecular weight is 163 g/mol. The number of hydrogen-bond donors (Lipinski definition) is 0. The first-order valence-electron chi connectivity index (χ1n) is 2.48. The maximum absolute atomic E-state index is 3.78. The third-order valence-corrected chi connectivity index (χ3v) is 2.32. The average Bonchev–Trinajstić information content (AvgIpc) is 1.65. The molecule has 1 heteroatoms. The molecule has 0 fully saturated rings. The van der Waals surface area contributed by atoms with Gasteiger partial charge < -0.3 is 0 Å². The van der Waals surface area contributed by atoms with Crippen LogP contribution in [0.2, 0.25) is 0 Å². The zero-order chi connectivity index (χ0) is 5.86. The normalized spacial score (nSPS) is 13.6. The SMILES string of the molecule is C=C(C)C(Br)CC. The van der Waals surface area contributed by atoms with Crippen LogP contribution < -0.4 is 0 Å². The Balaban J connectivity index is 3.34. The van der Waals surface area contributed by atoms with Crippen LogP contribution in [-0.2, 0) is 0 Å². The van der Waals surface area contributed by atoms with Crippen molar-refractivity contribution in [3.05, 3.63) is 12.2 Å². The lowest BCUT2D eigenvalue weighted by atomic mass is 10.2. The topological polar surface area (TPSA) is 0 Å². The quantitative estimate of drug-likeness (QED) is 0.433. The first-order valence-corrected chi connectivity index (χ1v) is 3.39. The molecule has 0 aliphatic heterocycles. The molecule has 0 aromatic carbocycles. The fourth-order valence-corrected chi connectivity index (χ4v) is 0.348. The molecule has 0 saturated heterocycles. The predicted molar refractivity (Wildman–Crippen MR) is 37.8 cm³/mol. The monoisotopic (exact) mass is 162 g/mol. The van der Waals surface area contributed by atoms with E-state index in [1.807, 2.05) is 6.92 Å². The highest BCUT2D eigenvalue weighted by Crippen LogP contribution is 2.11. The van der Waals surface area contributed by atoms with E-state index in [9.17, 15) is 0 Å². The number of hydrogen-bond acceptors (Lipinski definition) is 0. The zero-order valence-corrected chi connectivity index (χ0v) is 6.46. The van der Waals surface area contributed by atoms with Crippen LogP contribution >= 0.6 is 15.9 Å². The standard InChI is InChI=1S/C6H11Br/c1-4-6(7)5(2)3/h6H,2,4H2,1,3H3. The molecule has 0 aromatic rings. The molecule has 1 unspecified atom stereocenters. The lowest BCUT2D eigenvalue weighted by Crippen LogP contribution is -1.93. The molecule has 0 saturated carbocycles. The van der Waals surface area contributed by atoms with Crippen LogP contribution in [0.25, 0.3) is 0 Å². The summed E-state index contributed by atoms with van der Waals surface area (Å²) in [4.78, 5) is 0.521. The summed E-state index contributed by atoms with van der Waals surface area (Å²) in [5.74, 6) is 0. The Morgan fingerprint density at radius 3 is 2.29 bits per heavy atom. The number of allylic oxidation sites excluding steroid dienone is 1. The van der Waals surface area contributed by atoms with Crippen LogP contribution in [0, 0.1) is 0 Å². The second kappa shape index (κ2) is 3.25.